The highest BCUT2D eigenvalue weighted by Gasteiger charge is 2.32. The minimum Gasteiger partial charge on any atom is -0.297 e. The average molecular weight is 382 g/mol. The van der Waals surface area contributed by atoms with Crippen LogP contribution in [0.25, 0.3) is 5.13 Å². The number of likely N-dealkylation sites (tertiary alicyclic amines) is 1. The lowest BCUT2D eigenvalue weighted by atomic mass is 9.93. The predicted molar refractivity (Wildman–Crippen MR) is 108 cm³/mol. The molecule has 0 aliphatic carbocycles. The topological polar surface area (TPSA) is 61.1 Å². The van der Waals surface area contributed by atoms with Gasteiger partial charge in [0.15, 0.2) is 5.13 Å². The van der Waals surface area contributed by atoms with Crippen molar-refractivity contribution < 1.29 is 0 Å². The van der Waals surface area contributed by atoms with Gasteiger partial charge in [0.2, 0.25) is 5.96 Å². The van der Waals surface area contributed by atoms with Crippen LogP contribution in [0.2, 0.25) is 0 Å². The van der Waals surface area contributed by atoms with Crippen LogP contribution in [0.15, 0.2) is 51.7 Å². The Morgan fingerprint density at radius 1 is 1.37 bits per heavy atom. The Hall–Kier alpha value is -2.29. The monoisotopic (exact) mass is 381 g/mol. The Bertz CT molecular complexity index is 908. The number of hydrazine groups is 1. The van der Waals surface area contributed by atoms with Gasteiger partial charge >= 0.3 is 0 Å². The van der Waals surface area contributed by atoms with Crippen molar-refractivity contribution in [3.63, 3.8) is 0 Å². The van der Waals surface area contributed by atoms with Gasteiger partial charge in [-0.1, -0.05) is 0 Å². The van der Waals surface area contributed by atoms with E-state index in [1.165, 1.54) is 24.2 Å². The molecule has 1 N–H and O–H groups in total. The van der Waals surface area contributed by atoms with Gasteiger partial charge in [0, 0.05) is 53.9 Å². The van der Waals surface area contributed by atoms with Crippen molar-refractivity contribution in [2.75, 3.05) is 19.8 Å². The Morgan fingerprint density at radius 3 is 3.22 bits per heavy atom. The molecule has 0 saturated carbocycles. The number of thiazole rings is 1. The number of aromatic nitrogens is 2. The maximum atomic E-state index is 4.54. The maximum Gasteiger partial charge on any atom is 0.241 e. The van der Waals surface area contributed by atoms with Crippen LogP contribution in [-0.4, -0.2) is 50.9 Å². The first kappa shape index (κ1) is 16.9. The summed E-state index contributed by atoms with van der Waals surface area (Å²) in [5, 5.41) is 5.14. The van der Waals surface area contributed by atoms with E-state index in [1.54, 1.807) is 11.3 Å². The quantitative estimate of drug-likeness (QED) is 0.884. The number of allylic oxidation sites excluding steroid dienone is 1. The standard InChI is InChI=1S/C19H23N7S/c1-14-10-17(26-18(23-14)21-13-22-26)15-4-2-7-24(11-15)12-16-5-3-8-25(16)19-20-6-9-27-19/h3,5-6,8-10,15,22H,2,4,7,11-13H2,1H3. The molecule has 8 heteroatoms. The van der Waals surface area contributed by atoms with Crippen LogP contribution in [0.4, 0.5) is 0 Å². The summed E-state index contributed by atoms with van der Waals surface area (Å²) in [6, 6.07) is 4.31. The maximum absolute atomic E-state index is 4.54. The van der Waals surface area contributed by atoms with E-state index in [0.717, 1.165) is 36.4 Å². The van der Waals surface area contributed by atoms with Gasteiger partial charge in [0.25, 0.3) is 0 Å². The molecule has 1 atom stereocenters. The molecule has 5 heterocycles. The van der Waals surface area contributed by atoms with Gasteiger partial charge in [-0.05, 0) is 44.5 Å². The van der Waals surface area contributed by atoms with Gasteiger partial charge < -0.3 is 0 Å². The third kappa shape index (κ3) is 3.24. The van der Waals surface area contributed by atoms with Gasteiger partial charge in [-0.2, -0.15) is 0 Å². The van der Waals surface area contributed by atoms with E-state index >= 15 is 0 Å². The number of aliphatic imine (C=N–C) groups is 2. The second-order valence-corrected chi connectivity index (χ2v) is 8.06. The molecule has 2 aromatic heterocycles. The Balaban J connectivity index is 1.33. The Kier molecular flexibility index (Phi) is 4.39. The van der Waals surface area contributed by atoms with E-state index in [9.17, 15) is 0 Å². The molecule has 3 aliphatic heterocycles. The average Bonchev–Trinajstić information content (AvgIpc) is 3.42. The van der Waals surface area contributed by atoms with Crippen LogP contribution >= 0.6 is 11.3 Å². The zero-order chi connectivity index (χ0) is 18.2. The molecule has 7 nitrogen and oxygen atoms in total. The highest BCUT2D eigenvalue weighted by molar-refractivity contribution is 7.12. The third-order valence-electron chi connectivity index (χ3n) is 5.31. The molecule has 3 aliphatic rings. The minimum absolute atomic E-state index is 0.489. The van der Waals surface area contributed by atoms with Crippen molar-refractivity contribution in [1.29, 1.82) is 0 Å². The first-order chi connectivity index (χ1) is 13.3. The van der Waals surface area contributed by atoms with Gasteiger partial charge in [0.1, 0.15) is 6.67 Å². The van der Waals surface area contributed by atoms with Crippen LogP contribution in [0.3, 0.4) is 0 Å². The van der Waals surface area contributed by atoms with Gasteiger partial charge in [-0.25, -0.2) is 25.4 Å². The van der Waals surface area contributed by atoms with Crippen molar-refractivity contribution in [2.45, 2.75) is 26.3 Å². The summed E-state index contributed by atoms with van der Waals surface area (Å²) in [7, 11) is 0. The molecule has 27 heavy (non-hydrogen) atoms. The van der Waals surface area contributed by atoms with Crippen LogP contribution in [0.5, 0.6) is 0 Å². The molecule has 2 aromatic rings. The van der Waals surface area contributed by atoms with Crippen LogP contribution in [0.1, 0.15) is 25.5 Å². The van der Waals surface area contributed by atoms with Crippen molar-refractivity contribution in [1.82, 2.24) is 24.9 Å². The largest absolute Gasteiger partial charge is 0.297 e. The number of nitrogens with one attached hydrogen (secondary N) is 1. The molecule has 1 unspecified atom stereocenters. The van der Waals surface area contributed by atoms with Gasteiger partial charge in [0.05, 0.1) is 0 Å². The molecule has 0 bridgehead atoms. The van der Waals surface area contributed by atoms with Crippen LogP contribution < -0.4 is 5.43 Å². The van der Waals surface area contributed by atoms with E-state index in [4.69, 9.17) is 0 Å². The number of hydrogen-bond acceptors (Lipinski definition) is 7. The lowest BCUT2D eigenvalue weighted by molar-refractivity contribution is 0.164. The number of rotatable bonds is 4. The normalized spacial score (nSPS) is 23.1. The van der Waals surface area contributed by atoms with Crippen molar-refractivity contribution >= 4 is 23.0 Å². The highest BCUT2D eigenvalue weighted by Crippen LogP contribution is 2.29. The zero-order valence-electron chi connectivity index (χ0n) is 15.4. The molecule has 1 saturated heterocycles. The first-order valence-electron chi connectivity index (χ1n) is 9.41. The summed E-state index contributed by atoms with van der Waals surface area (Å²) in [4.78, 5) is 16.0. The zero-order valence-corrected chi connectivity index (χ0v) is 16.2. The summed E-state index contributed by atoms with van der Waals surface area (Å²) >= 11 is 1.67. The fraction of sp³-hybridized carbons (Fsp3) is 0.421. The first-order valence-corrected chi connectivity index (χ1v) is 10.3. The number of fused-ring (bicyclic) bond motifs is 1. The molecule has 0 spiro atoms. The molecule has 0 aromatic carbocycles. The van der Waals surface area contributed by atoms with Crippen molar-refractivity contribution in [3.8, 4) is 5.13 Å². The van der Waals surface area contributed by atoms with Gasteiger partial charge in [-0.15, -0.1) is 11.3 Å². The Labute approximate surface area is 162 Å². The molecule has 5 rings (SSSR count). The van der Waals surface area contributed by atoms with Crippen molar-refractivity contribution in [2.24, 2.45) is 15.9 Å². The number of piperidine rings is 1. The van der Waals surface area contributed by atoms with E-state index < -0.39 is 0 Å². The lowest BCUT2D eigenvalue weighted by Crippen LogP contribution is -2.45. The molecule has 140 valence electrons. The van der Waals surface area contributed by atoms with E-state index in [-0.39, 0.29) is 0 Å². The fourth-order valence-electron chi connectivity index (χ4n) is 4.12. The van der Waals surface area contributed by atoms with Crippen LogP contribution in [0, 0.1) is 5.92 Å². The fourth-order valence-corrected chi connectivity index (χ4v) is 4.77. The summed E-state index contributed by atoms with van der Waals surface area (Å²) in [6.07, 6.45) is 8.59. The lowest BCUT2D eigenvalue weighted by Gasteiger charge is -2.37. The Morgan fingerprint density at radius 2 is 2.33 bits per heavy atom. The summed E-state index contributed by atoms with van der Waals surface area (Å²) in [5.41, 5.74) is 6.98. The SMILES string of the molecule is CC1=NC2=NCNN2C(C2CCCN(Cc3cccn3-c3nccs3)C2)=C1. The highest BCUT2D eigenvalue weighted by atomic mass is 32.1. The van der Waals surface area contributed by atoms with Crippen LogP contribution in [-0.2, 0) is 6.54 Å². The summed E-state index contributed by atoms with van der Waals surface area (Å²) < 4.78 is 2.21. The molecular formula is C19H23N7S. The van der Waals surface area contributed by atoms with Gasteiger partial charge in [-0.3, -0.25) is 9.47 Å². The van der Waals surface area contributed by atoms with E-state index in [1.807, 2.05) is 11.6 Å². The van der Waals surface area contributed by atoms with E-state index in [2.05, 4.69) is 66.2 Å². The molecule has 1 fully saturated rings. The van der Waals surface area contributed by atoms with Crippen molar-refractivity contribution in [3.05, 3.63) is 47.4 Å². The third-order valence-corrected chi connectivity index (χ3v) is 6.08. The predicted octanol–water partition coefficient (Wildman–Crippen LogP) is 2.64. The number of nitrogens with zero attached hydrogens (tertiary/aromatic N) is 6. The number of guanidine groups is 1. The second kappa shape index (κ2) is 7.03. The smallest absolute Gasteiger partial charge is 0.241 e. The number of hydrogen-bond donors (Lipinski definition) is 1. The van der Waals surface area contributed by atoms with E-state index in [0.29, 0.717) is 12.6 Å². The summed E-state index contributed by atoms with van der Waals surface area (Å²) in [6.45, 7) is 5.79. The second-order valence-electron chi connectivity index (χ2n) is 7.19. The minimum atomic E-state index is 0.489. The molecular weight excluding hydrogens is 358 g/mol. The molecule has 0 radical (unpaired) electrons. The summed E-state index contributed by atoms with van der Waals surface area (Å²) in [5.74, 6) is 1.29. The molecule has 0 amide bonds.